The molecule has 6 heteroatoms. The largest absolute Gasteiger partial charge is 0.454 e. The van der Waals surface area contributed by atoms with Gasteiger partial charge in [-0.2, -0.15) is 13.2 Å². The summed E-state index contributed by atoms with van der Waals surface area (Å²) >= 11 is 3.68. The molecule has 76 valence electrons. The predicted octanol–water partition coefficient (Wildman–Crippen LogP) is 3.64. The Bertz CT molecular complexity index is 373. The quantitative estimate of drug-likeness (QED) is 0.496. The van der Waals surface area contributed by atoms with Crippen LogP contribution in [0.4, 0.5) is 13.2 Å². The lowest BCUT2D eigenvalue weighted by Gasteiger charge is -2.06. The standard InChI is InChI=1S/C8H3F3I2O/c9-8(10,11)7(14)5-2-1-4(12)3-6(5)13/h1-3H. The van der Waals surface area contributed by atoms with Crippen LogP contribution in [-0.4, -0.2) is 12.0 Å². The average molecular weight is 426 g/mol. The van der Waals surface area contributed by atoms with E-state index in [0.29, 0.717) is 3.57 Å². The lowest BCUT2D eigenvalue weighted by atomic mass is 10.1. The van der Waals surface area contributed by atoms with Crippen molar-refractivity contribution in [1.29, 1.82) is 0 Å². The van der Waals surface area contributed by atoms with Gasteiger partial charge in [0.1, 0.15) is 0 Å². The van der Waals surface area contributed by atoms with Crippen molar-refractivity contribution in [3.8, 4) is 0 Å². The number of carbonyl (C=O) groups excluding carboxylic acids is 1. The fraction of sp³-hybridized carbons (Fsp3) is 0.125. The first-order chi connectivity index (χ1) is 6.32. The van der Waals surface area contributed by atoms with Gasteiger partial charge in [-0.25, -0.2) is 0 Å². The van der Waals surface area contributed by atoms with Crippen molar-refractivity contribution in [2.75, 3.05) is 0 Å². The van der Waals surface area contributed by atoms with E-state index in [0.717, 1.165) is 3.57 Å². The third-order valence-electron chi connectivity index (χ3n) is 1.43. The minimum absolute atomic E-state index is 0.293. The molecule has 0 unspecified atom stereocenters. The Morgan fingerprint density at radius 2 is 1.79 bits per heavy atom. The van der Waals surface area contributed by atoms with Gasteiger partial charge in [-0.05, 0) is 63.4 Å². The van der Waals surface area contributed by atoms with Crippen LogP contribution in [0.15, 0.2) is 18.2 Å². The van der Waals surface area contributed by atoms with E-state index in [4.69, 9.17) is 0 Å². The molecule has 0 aliphatic carbocycles. The van der Waals surface area contributed by atoms with Gasteiger partial charge in [0, 0.05) is 12.7 Å². The van der Waals surface area contributed by atoms with Crippen molar-refractivity contribution in [3.05, 3.63) is 30.9 Å². The molecular formula is C8H3F3I2O. The Morgan fingerprint density at radius 3 is 2.21 bits per heavy atom. The van der Waals surface area contributed by atoms with Crippen molar-refractivity contribution in [1.82, 2.24) is 0 Å². The minimum atomic E-state index is -4.80. The number of hydrogen-bond donors (Lipinski definition) is 0. The van der Waals surface area contributed by atoms with Crippen molar-refractivity contribution in [3.63, 3.8) is 0 Å². The molecule has 0 bridgehead atoms. The molecule has 0 radical (unpaired) electrons. The van der Waals surface area contributed by atoms with Crippen LogP contribution >= 0.6 is 45.2 Å². The summed E-state index contributed by atoms with van der Waals surface area (Å²) in [6.07, 6.45) is -4.80. The summed E-state index contributed by atoms with van der Waals surface area (Å²) in [7, 11) is 0. The fourth-order valence-electron chi connectivity index (χ4n) is 0.826. The van der Waals surface area contributed by atoms with Crippen LogP contribution in [0.5, 0.6) is 0 Å². The molecule has 0 spiro atoms. The van der Waals surface area contributed by atoms with Crippen LogP contribution in [0.3, 0.4) is 0 Å². The van der Waals surface area contributed by atoms with E-state index in [1.165, 1.54) is 18.2 Å². The van der Waals surface area contributed by atoms with E-state index in [2.05, 4.69) is 0 Å². The number of benzene rings is 1. The third-order valence-corrected chi connectivity index (χ3v) is 3.00. The molecule has 1 nitrogen and oxygen atoms in total. The second-order valence-corrected chi connectivity index (χ2v) is 4.86. The Kier molecular flexibility index (Phi) is 3.78. The molecule has 14 heavy (non-hydrogen) atoms. The third kappa shape index (κ3) is 2.81. The molecule has 0 saturated heterocycles. The second kappa shape index (κ2) is 4.33. The molecule has 0 aliphatic rings. The van der Waals surface area contributed by atoms with Gasteiger partial charge in [0.15, 0.2) is 0 Å². The maximum Gasteiger partial charge on any atom is 0.454 e. The molecule has 1 rings (SSSR count). The smallest absolute Gasteiger partial charge is 0.284 e. The van der Waals surface area contributed by atoms with E-state index >= 15 is 0 Å². The van der Waals surface area contributed by atoms with Gasteiger partial charge in [0.2, 0.25) is 0 Å². The Hall–Kier alpha value is 0.140. The summed E-state index contributed by atoms with van der Waals surface area (Å²) in [5.41, 5.74) is -0.293. The molecular weight excluding hydrogens is 423 g/mol. The monoisotopic (exact) mass is 426 g/mol. The predicted molar refractivity (Wildman–Crippen MR) is 62.3 cm³/mol. The number of hydrogen-bond acceptors (Lipinski definition) is 1. The highest BCUT2D eigenvalue weighted by Crippen LogP contribution is 2.25. The Morgan fingerprint density at radius 1 is 1.21 bits per heavy atom. The highest BCUT2D eigenvalue weighted by Gasteiger charge is 2.40. The first kappa shape index (κ1) is 12.2. The Balaban J connectivity index is 3.15. The molecule has 0 amide bonds. The molecule has 0 fully saturated rings. The highest BCUT2D eigenvalue weighted by atomic mass is 127. The van der Waals surface area contributed by atoms with Crippen LogP contribution in [0.2, 0.25) is 0 Å². The van der Waals surface area contributed by atoms with Crippen molar-refractivity contribution in [2.45, 2.75) is 6.18 Å². The number of carbonyl (C=O) groups is 1. The summed E-state index contributed by atoms with van der Waals surface area (Å²) in [6, 6.07) is 4.20. The zero-order valence-electron chi connectivity index (χ0n) is 6.53. The van der Waals surface area contributed by atoms with E-state index < -0.39 is 12.0 Å². The van der Waals surface area contributed by atoms with Crippen molar-refractivity contribution in [2.24, 2.45) is 0 Å². The molecule has 1 aromatic rings. The molecule has 0 aromatic heterocycles. The maximum atomic E-state index is 12.1. The lowest BCUT2D eigenvalue weighted by Crippen LogP contribution is -2.23. The summed E-state index contributed by atoms with van der Waals surface area (Å²) in [6.45, 7) is 0. The van der Waals surface area contributed by atoms with Crippen LogP contribution in [0, 0.1) is 7.14 Å². The summed E-state index contributed by atoms with van der Waals surface area (Å²) < 4.78 is 37.3. The SMILES string of the molecule is O=C(c1ccc(I)cc1I)C(F)(F)F. The van der Waals surface area contributed by atoms with Gasteiger partial charge in [0.25, 0.3) is 5.78 Å². The van der Waals surface area contributed by atoms with Crippen LogP contribution in [-0.2, 0) is 0 Å². The van der Waals surface area contributed by atoms with Gasteiger partial charge >= 0.3 is 6.18 Å². The molecule has 0 aliphatic heterocycles. The minimum Gasteiger partial charge on any atom is -0.284 e. The van der Waals surface area contributed by atoms with Gasteiger partial charge < -0.3 is 0 Å². The molecule has 1 aromatic carbocycles. The van der Waals surface area contributed by atoms with Gasteiger partial charge in [-0.15, -0.1) is 0 Å². The van der Waals surface area contributed by atoms with Crippen molar-refractivity contribution < 1.29 is 18.0 Å². The van der Waals surface area contributed by atoms with E-state index in [9.17, 15) is 18.0 Å². The van der Waals surface area contributed by atoms with Crippen LogP contribution in [0.25, 0.3) is 0 Å². The maximum absolute atomic E-state index is 12.1. The first-order valence-corrected chi connectivity index (χ1v) is 5.54. The molecule has 0 heterocycles. The summed E-state index contributed by atoms with van der Waals surface area (Å²) in [4.78, 5) is 10.9. The molecule has 0 atom stereocenters. The molecule has 0 N–H and O–H groups in total. The first-order valence-electron chi connectivity index (χ1n) is 3.39. The second-order valence-electron chi connectivity index (χ2n) is 2.45. The molecule has 0 saturated carbocycles. The zero-order valence-corrected chi connectivity index (χ0v) is 10.8. The summed E-state index contributed by atoms with van der Waals surface area (Å²) in [5, 5.41) is 0. The Labute approximate surface area is 105 Å². The number of ketones is 1. The highest BCUT2D eigenvalue weighted by molar-refractivity contribution is 14.1. The zero-order chi connectivity index (χ0) is 10.9. The fourth-order valence-corrected chi connectivity index (χ4v) is 2.67. The normalized spacial score (nSPS) is 11.5. The van der Waals surface area contributed by atoms with Crippen LogP contribution in [0.1, 0.15) is 10.4 Å². The number of Topliss-reactive ketones (excluding diaryl/α,β-unsaturated/α-hetero) is 1. The van der Waals surface area contributed by atoms with Crippen LogP contribution < -0.4 is 0 Å². The van der Waals surface area contributed by atoms with Gasteiger partial charge in [-0.3, -0.25) is 4.79 Å². The summed E-state index contributed by atoms with van der Waals surface area (Å²) in [5.74, 6) is -1.79. The van der Waals surface area contributed by atoms with E-state index in [-0.39, 0.29) is 5.56 Å². The van der Waals surface area contributed by atoms with Crippen molar-refractivity contribution >= 4 is 51.0 Å². The van der Waals surface area contributed by atoms with E-state index in [1.54, 1.807) is 22.6 Å². The van der Waals surface area contributed by atoms with Gasteiger partial charge in [0.05, 0.1) is 0 Å². The van der Waals surface area contributed by atoms with E-state index in [1.807, 2.05) is 22.6 Å². The number of halogens is 5. The average Bonchev–Trinajstić information content (AvgIpc) is 2.01. The topological polar surface area (TPSA) is 17.1 Å². The van der Waals surface area contributed by atoms with Gasteiger partial charge in [-0.1, -0.05) is 0 Å². The number of alkyl halides is 3. The lowest BCUT2D eigenvalue weighted by molar-refractivity contribution is -0.0885. The number of rotatable bonds is 1.